The average Bonchev–Trinajstić information content (AvgIpc) is 2.27. The minimum Gasteiger partial charge on any atom is -0.482 e. The summed E-state index contributed by atoms with van der Waals surface area (Å²) in [6.45, 7) is 3.62. The third-order valence-corrected chi connectivity index (χ3v) is 2.72. The molecule has 0 aliphatic carbocycles. The number of benzene rings is 1. The van der Waals surface area contributed by atoms with E-state index in [2.05, 4.69) is 5.32 Å². The van der Waals surface area contributed by atoms with E-state index in [-0.39, 0.29) is 19.1 Å². The highest BCUT2D eigenvalue weighted by Gasteiger charge is 2.19. The third-order valence-electron chi connectivity index (χ3n) is 2.41. The molecule has 0 aliphatic heterocycles. The van der Waals surface area contributed by atoms with Gasteiger partial charge in [-0.1, -0.05) is 23.7 Å². The first-order chi connectivity index (χ1) is 8.44. The maximum absolute atomic E-state index is 11.7. The Morgan fingerprint density at radius 3 is 2.72 bits per heavy atom. The largest absolute Gasteiger partial charge is 0.482 e. The van der Waals surface area contributed by atoms with Crippen LogP contribution in [0.1, 0.15) is 20.3 Å². The quantitative estimate of drug-likeness (QED) is 0.832. The molecule has 0 radical (unpaired) electrons. The zero-order valence-corrected chi connectivity index (χ0v) is 11.3. The molecule has 0 saturated heterocycles. The van der Waals surface area contributed by atoms with Gasteiger partial charge in [0, 0.05) is 12.1 Å². The van der Waals surface area contributed by atoms with Gasteiger partial charge in [-0.3, -0.25) is 4.79 Å². The normalized spacial score (nSPS) is 11.1. The fourth-order valence-electron chi connectivity index (χ4n) is 1.46. The summed E-state index contributed by atoms with van der Waals surface area (Å²) in [5, 5.41) is 12.1. The molecule has 5 heteroatoms. The number of ether oxygens (including phenoxy) is 1. The molecular weight excluding hydrogens is 254 g/mol. The lowest BCUT2D eigenvalue weighted by Crippen LogP contribution is -2.46. The number of para-hydroxylation sites is 1. The number of rotatable bonds is 6. The minimum absolute atomic E-state index is 0.0264. The first-order valence-corrected chi connectivity index (χ1v) is 6.11. The van der Waals surface area contributed by atoms with Gasteiger partial charge in [0.05, 0.1) is 5.02 Å². The van der Waals surface area contributed by atoms with Crippen molar-refractivity contribution in [3.63, 3.8) is 0 Å². The molecule has 100 valence electrons. The van der Waals surface area contributed by atoms with E-state index in [0.717, 1.165) is 0 Å². The molecule has 0 heterocycles. The number of halogens is 1. The topological polar surface area (TPSA) is 58.6 Å². The number of hydrogen-bond donors (Lipinski definition) is 2. The van der Waals surface area contributed by atoms with Gasteiger partial charge in [-0.15, -0.1) is 0 Å². The molecule has 0 atom stereocenters. The monoisotopic (exact) mass is 271 g/mol. The summed E-state index contributed by atoms with van der Waals surface area (Å²) in [6, 6.07) is 6.98. The zero-order chi connectivity index (χ0) is 13.6. The Bertz CT molecular complexity index is 407. The highest BCUT2D eigenvalue weighted by atomic mass is 35.5. The summed E-state index contributed by atoms with van der Waals surface area (Å²) >= 11 is 5.90. The van der Waals surface area contributed by atoms with E-state index in [1.54, 1.807) is 24.3 Å². The highest BCUT2D eigenvalue weighted by Crippen LogP contribution is 2.22. The van der Waals surface area contributed by atoms with E-state index >= 15 is 0 Å². The van der Waals surface area contributed by atoms with E-state index in [1.807, 2.05) is 13.8 Å². The maximum atomic E-state index is 11.7. The molecule has 2 N–H and O–H groups in total. The molecule has 0 unspecified atom stereocenters. The van der Waals surface area contributed by atoms with Crippen LogP contribution in [0.25, 0.3) is 0 Å². The Hall–Kier alpha value is -1.26. The second-order valence-electron chi connectivity index (χ2n) is 4.62. The van der Waals surface area contributed by atoms with Gasteiger partial charge in [-0.2, -0.15) is 0 Å². The first-order valence-electron chi connectivity index (χ1n) is 5.74. The minimum atomic E-state index is -0.449. The van der Waals surface area contributed by atoms with Crippen molar-refractivity contribution >= 4 is 17.5 Å². The molecule has 1 amide bonds. The molecule has 0 aliphatic rings. The summed E-state index contributed by atoms with van der Waals surface area (Å²) in [5.41, 5.74) is -0.449. The van der Waals surface area contributed by atoms with Gasteiger partial charge in [-0.05, 0) is 32.4 Å². The Balaban J connectivity index is 2.45. The molecule has 1 rings (SSSR count). The molecule has 18 heavy (non-hydrogen) atoms. The summed E-state index contributed by atoms with van der Waals surface area (Å²) in [7, 11) is 0. The van der Waals surface area contributed by atoms with E-state index in [4.69, 9.17) is 21.4 Å². The van der Waals surface area contributed by atoms with Crippen LogP contribution in [0.2, 0.25) is 5.02 Å². The third kappa shape index (κ3) is 4.94. The Morgan fingerprint density at radius 1 is 1.44 bits per heavy atom. The van der Waals surface area contributed by atoms with Crippen molar-refractivity contribution in [3.05, 3.63) is 29.3 Å². The number of nitrogens with one attached hydrogen (secondary N) is 1. The molecule has 0 spiro atoms. The first kappa shape index (κ1) is 14.8. The summed E-state index contributed by atoms with van der Waals surface area (Å²) in [4.78, 5) is 11.7. The van der Waals surface area contributed by atoms with Crippen LogP contribution in [0.3, 0.4) is 0 Å². The van der Waals surface area contributed by atoms with Crippen molar-refractivity contribution < 1.29 is 14.6 Å². The lowest BCUT2D eigenvalue weighted by atomic mass is 10.0. The summed E-state index contributed by atoms with van der Waals surface area (Å²) in [6.07, 6.45) is 0.491. The standard InChI is InChI=1S/C13H18ClNO3/c1-13(2,7-8-16)15-12(17)9-18-11-6-4-3-5-10(11)14/h3-6,16H,7-9H2,1-2H3,(H,15,17). The maximum Gasteiger partial charge on any atom is 0.258 e. The zero-order valence-electron chi connectivity index (χ0n) is 10.6. The van der Waals surface area contributed by atoms with Crippen LogP contribution in [0.15, 0.2) is 24.3 Å². The molecular formula is C13H18ClNO3. The fourth-order valence-corrected chi connectivity index (χ4v) is 1.65. The van der Waals surface area contributed by atoms with Crippen molar-refractivity contribution in [2.45, 2.75) is 25.8 Å². The summed E-state index contributed by atoms with van der Waals surface area (Å²) < 4.78 is 5.32. The molecule has 4 nitrogen and oxygen atoms in total. The van der Waals surface area contributed by atoms with Crippen molar-refractivity contribution in [2.75, 3.05) is 13.2 Å². The second-order valence-corrected chi connectivity index (χ2v) is 5.03. The number of aliphatic hydroxyl groups excluding tert-OH is 1. The number of amides is 1. The van der Waals surface area contributed by atoms with Crippen molar-refractivity contribution in [3.8, 4) is 5.75 Å². The van der Waals surface area contributed by atoms with Crippen LogP contribution in [0, 0.1) is 0 Å². The van der Waals surface area contributed by atoms with Gasteiger partial charge in [0.1, 0.15) is 5.75 Å². The van der Waals surface area contributed by atoms with E-state index in [9.17, 15) is 4.79 Å². The van der Waals surface area contributed by atoms with Crippen LogP contribution in [-0.4, -0.2) is 29.8 Å². The molecule has 0 fully saturated rings. The van der Waals surface area contributed by atoms with Crippen molar-refractivity contribution in [1.29, 1.82) is 0 Å². The van der Waals surface area contributed by atoms with Gasteiger partial charge in [0.25, 0.3) is 5.91 Å². The molecule has 0 bridgehead atoms. The van der Waals surface area contributed by atoms with E-state index in [0.29, 0.717) is 17.2 Å². The van der Waals surface area contributed by atoms with Gasteiger partial charge in [0.15, 0.2) is 6.61 Å². The number of carbonyl (C=O) groups excluding carboxylic acids is 1. The van der Waals surface area contributed by atoms with Gasteiger partial charge < -0.3 is 15.2 Å². The van der Waals surface area contributed by atoms with E-state index in [1.165, 1.54) is 0 Å². The van der Waals surface area contributed by atoms with Gasteiger partial charge in [0.2, 0.25) is 0 Å². The van der Waals surface area contributed by atoms with E-state index < -0.39 is 5.54 Å². The van der Waals surface area contributed by atoms with Crippen LogP contribution in [0.4, 0.5) is 0 Å². The van der Waals surface area contributed by atoms with Crippen LogP contribution < -0.4 is 10.1 Å². The highest BCUT2D eigenvalue weighted by molar-refractivity contribution is 6.32. The van der Waals surface area contributed by atoms with Crippen LogP contribution >= 0.6 is 11.6 Å². The SMILES string of the molecule is CC(C)(CCO)NC(=O)COc1ccccc1Cl. The van der Waals surface area contributed by atoms with Crippen molar-refractivity contribution in [2.24, 2.45) is 0 Å². The Morgan fingerprint density at radius 2 is 2.11 bits per heavy atom. The summed E-state index contributed by atoms with van der Waals surface area (Å²) in [5.74, 6) is 0.239. The lowest BCUT2D eigenvalue weighted by Gasteiger charge is -2.25. The number of aliphatic hydroxyl groups is 1. The predicted molar refractivity (Wildman–Crippen MR) is 70.9 cm³/mol. The number of carbonyl (C=O) groups is 1. The molecule has 0 saturated carbocycles. The van der Waals surface area contributed by atoms with Crippen LogP contribution in [-0.2, 0) is 4.79 Å². The second kappa shape index (κ2) is 6.61. The number of hydrogen-bond acceptors (Lipinski definition) is 3. The molecule has 1 aromatic rings. The molecule has 1 aromatic carbocycles. The fraction of sp³-hybridized carbons (Fsp3) is 0.462. The van der Waals surface area contributed by atoms with Crippen LogP contribution in [0.5, 0.6) is 5.75 Å². The van der Waals surface area contributed by atoms with Crippen molar-refractivity contribution in [1.82, 2.24) is 5.32 Å². The van der Waals surface area contributed by atoms with Gasteiger partial charge in [-0.25, -0.2) is 0 Å². The average molecular weight is 272 g/mol. The predicted octanol–water partition coefficient (Wildman–Crippen LogP) is 2.00. The Labute approximate surface area is 112 Å². The van der Waals surface area contributed by atoms with Gasteiger partial charge >= 0.3 is 0 Å². The Kier molecular flexibility index (Phi) is 5.44. The lowest BCUT2D eigenvalue weighted by molar-refractivity contribution is -0.124. The molecule has 0 aromatic heterocycles. The smallest absolute Gasteiger partial charge is 0.258 e.